The van der Waals surface area contributed by atoms with Crippen LogP contribution >= 0.6 is 0 Å². The molecule has 0 radical (unpaired) electrons. The number of hydrogen-bond acceptors (Lipinski definition) is 0. The molecule has 0 fully saturated rings. The molecule has 0 nitrogen and oxygen atoms in total. The summed E-state index contributed by atoms with van der Waals surface area (Å²) < 4.78 is 0. The van der Waals surface area contributed by atoms with Crippen LogP contribution in [0.3, 0.4) is 0 Å². The van der Waals surface area contributed by atoms with Crippen molar-refractivity contribution in [1.29, 1.82) is 0 Å². The van der Waals surface area contributed by atoms with Gasteiger partial charge >= 0.3 is 0 Å². The molecule has 0 saturated heterocycles. The lowest BCUT2D eigenvalue weighted by Gasteiger charge is -2.07. The number of benzene rings is 3. The van der Waals surface area contributed by atoms with Crippen molar-refractivity contribution in [3.63, 3.8) is 0 Å². The summed E-state index contributed by atoms with van der Waals surface area (Å²) in [5.41, 5.74) is 2.36. The van der Waals surface area contributed by atoms with Crippen LogP contribution in [0.15, 0.2) is 61.2 Å². The zero-order valence-corrected chi connectivity index (χ0v) is 9.90. The van der Waals surface area contributed by atoms with Crippen LogP contribution < -0.4 is 0 Å². The molecule has 17 heavy (non-hydrogen) atoms. The Morgan fingerprint density at radius 2 is 1.47 bits per heavy atom. The Balaban J connectivity index is 2.47. The van der Waals surface area contributed by atoms with Gasteiger partial charge < -0.3 is 0 Å². The van der Waals surface area contributed by atoms with E-state index in [4.69, 9.17) is 0 Å². The Bertz CT molecular complexity index is 720. The Morgan fingerprint density at radius 3 is 2.18 bits per heavy atom. The van der Waals surface area contributed by atoms with Gasteiger partial charge in [-0.2, -0.15) is 0 Å². The van der Waals surface area contributed by atoms with Crippen molar-refractivity contribution >= 4 is 27.1 Å². The summed E-state index contributed by atoms with van der Waals surface area (Å²) in [5, 5.41) is 5.15. The molecule has 0 N–H and O–H groups in total. The van der Waals surface area contributed by atoms with Gasteiger partial charge in [0, 0.05) is 0 Å². The predicted molar refractivity (Wildman–Crippen MR) is 76.2 cm³/mol. The predicted octanol–water partition coefficient (Wildman–Crippen LogP) is 5.03. The fraction of sp³-hybridized carbons (Fsp3) is 0.0588. The third kappa shape index (κ3) is 1.62. The minimum Gasteiger partial charge on any atom is -0.0955 e. The van der Waals surface area contributed by atoms with Crippen molar-refractivity contribution < 1.29 is 0 Å². The highest BCUT2D eigenvalue weighted by atomic mass is 14.1. The lowest BCUT2D eigenvalue weighted by atomic mass is 9.97. The molecule has 3 aromatic carbocycles. The summed E-state index contributed by atoms with van der Waals surface area (Å²) in [5.74, 6) is 0. The van der Waals surface area contributed by atoms with E-state index < -0.39 is 0 Å². The molecule has 0 atom stereocenters. The van der Waals surface area contributed by atoms with E-state index in [9.17, 15) is 0 Å². The summed E-state index contributed by atoms with van der Waals surface area (Å²) >= 11 is 0. The third-order valence-corrected chi connectivity index (χ3v) is 3.21. The van der Waals surface area contributed by atoms with Gasteiger partial charge in [-0.15, -0.1) is 0 Å². The SMILES string of the molecule is C=C(C)c1cccc2cc3ccccc3cc12. The maximum atomic E-state index is 4.06. The van der Waals surface area contributed by atoms with Crippen molar-refractivity contribution in [1.82, 2.24) is 0 Å². The van der Waals surface area contributed by atoms with Crippen molar-refractivity contribution in [2.75, 3.05) is 0 Å². The fourth-order valence-electron chi connectivity index (χ4n) is 2.34. The van der Waals surface area contributed by atoms with E-state index in [0.717, 1.165) is 5.57 Å². The van der Waals surface area contributed by atoms with Gasteiger partial charge in [0.15, 0.2) is 0 Å². The average molecular weight is 218 g/mol. The van der Waals surface area contributed by atoms with Crippen LogP contribution in [0.2, 0.25) is 0 Å². The van der Waals surface area contributed by atoms with Crippen LogP contribution in [0.1, 0.15) is 12.5 Å². The smallest absolute Gasteiger partial charge is 0.0103 e. The van der Waals surface area contributed by atoms with Crippen LogP contribution in [0.5, 0.6) is 0 Å². The molecule has 0 saturated carbocycles. The molecule has 0 spiro atoms. The van der Waals surface area contributed by atoms with Crippen molar-refractivity contribution in [3.8, 4) is 0 Å². The molecule has 0 aromatic heterocycles. The monoisotopic (exact) mass is 218 g/mol. The van der Waals surface area contributed by atoms with Gasteiger partial charge in [0.1, 0.15) is 0 Å². The quantitative estimate of drug-likeness (QED) is 0.503. The van der Waals surface area contributed by atoms with E-state index in [0.29, 0.717) is 0 Å². The van der Waals surface area contributed by atoms with Gasteiger partial charge in [0.25, 0.3) is 0 Å². The lowest BCUT2D eigenvalue weighted by Crippen LogP contribution is -1.83. The normalized spacial score (nSPS) is 10.9. The topological polar surface area (TPSA) is 0 Å². The van der Waals surface area contributed by atoms with Gasteiger partial charge in [-0.1, -0.05) is 54.6 Å². The van der Waals surface area contributed by atoms with Gasteiger partial charge in [0.05, 0.1) is 0 Å². The summed E-state index contributed by atoms with van der Waals surface area (Å²) in [6, 6.07) is 19.4. The summed E-state index contributed by atoms with van der Waals surface area (Å²) in [6.45, 7) is 6.12. The van der Waals surface area contributed by atoms with Crippen molar-refractivity contribution in [3.05, 3.63) is 66.7 Å². The summed E-state index contributed by atoms with van der Waals surface area (Å²) in [6.07, 6.45) is 0. The maximum Gasteiger partial charge on any atom is -0.0103 e. The van der Waals surface area contributed by atoms with Gasteiger partial charge in [-0.25, -0.2) is 0 Å². The van der Waals surface area contributed by atoms with E-state index in [-0.39, 0.29) is 0 Å². The van der Waals surface area contributed by atoms with Crippen LogP contribution in [-0.2, 0) is 0 Å². The van der Waals surface area contributed by atoms with Crippen LogP contribution in [0.4, 0.5) is 0 Å². The molecule has 0 amide bonds. The minimum absolute atomic E-state index is 1.12. The van der Waals surface area contributed by atoms with Crippen LogP contribution in [0, 0.1) is 0 Å². The zero-order chi connectivity index (χ0) is 11.8. The van der Waals surface area contributed by atoms with E-state index in [1.54, 1.807) is 0 Å². The maximum absolute atomic E-state index is 4.06. The molecule has 0 unspecified atom stereocenters. The summed E-state index contributed by atoms with van der Waals surface area (Å²) in [4.78, 5) is 0. The standard InChI is InChI=1S/C17H14/c1-12(2)16-9-5-8-15-10-13-6-3-4-7-14(13)11-17(15)16/h3-11H,1H2,2H3. The third-order valence-electron chi connectivity index (χ3n) is 3.21. The first kappa shape index (κ1) is 10.1. The first-order valence-corrected chi connectivity index (χ1v) is 5.83. The molecule has 0 aliphatic rings. The molecule has 0 heteroatoms. The number of hydrogen-bond donors (Lipinski definition) is 0. The first-order chi connectivity index (χ1) is 8.25. The second kappa shape index (κ2) is 3.74. The summed E-state index contributed by atoms with van der Waals surface area (Å²) in [7, 11) is 0. The lowest BCUT2D eigenvalue weighted by molar-refractivity contribution is 1.64. The van der Waals surface area contributed by atoms with Crippen LogP contribution in [0.25, 0.3) is 27.1 Å². The number of rotatable bonds is 1. The molecule has 3 rings (SSSR count). The average Bonchev–Trinajstić information content (AvgIpc) is 2.35. The number of fused-ring (bicyclic) bond motifs is 2. The Labute approximate surface area is 101 Å². The van der Waals surface area contributed by atoms with Crippen molar-refractivity contribution in [2.24, 2.45) is 0 Å². The highest BCUT2D eigenvalue weighted by molar-refractivity contribution is 6.02. The highest BCUT2D eigenvalue weighted by Gasteiger charge is 2.02. The molecule has 82 valence electrons. The van der Waals surface area contributed by atoms with Gasteiger partial charge in [-0.05, 0) is 46.2 Å². The first-order valence-electron chi connectivity index (χ1n) is 5.83. The molecular formula is C17H14. The largest absolute Gasteiger partial charge is 0.0955 e. The van der Waals surface area contributed by atoms with E-state index in [1.165, 1.54) is 27.1 Å². The molecule has 0 aliphatic carbocycles. The van der Waals surface area contributed by atoms with Crippen molar-refractivity contribution in [2.45, 2.75) is 6.92 Å². The van der Waals surface area contributed by atoms with Gasteiger partial charge in [-0.3, -0.25) is 0 Å². The second-order valence-electron chi connectivity index (χ2n) is 4.51. The van der Waals surface area contributed by atoms with Gasteiger partial charge in [0.2, 0.25) is 0 Å². The zero-order valence-electron chi connectivity index (χ0n) is 9.90. The Morgan fingerprint density at radius 1 is 0.824 bits per heavy atom. The minimum atomic E-state index is 1.12. The molecule has 0 heterocycles. The molecule has 0 bridgehead atoms. The highest BCUT2D eigenvalue weighted by Crippen LogP contribution is 2.28. The second-order valence-corrected chi connectivity index (χ2v) is 4.51. The van der Waals surface area contributed by atoms with E-state index in [1.807, 2.05) is 0 Å². The Hall–Kier alpha value is -2.08. The number of allylic oxidation sites excluding steroid dienone is 1. The van der Waals surface area contributed by atoms with Crippen LogP contribution in [-0.4, -0.2) is 0 Å². The Kier molecular flexibility index (Phi) is 2.22. The fourth-order valence-corrected chi connectivity index (χ4v) is 2.34. The van der Waals surface area contributed by atoms with E-state index in [2.05, 4.69) is 68.1 Å². The van der Waals surface area contributed by atoms with E-state index >= 15 is 0 Å². The molecule has 3 aromatic rings. The molecular weight excluding hydrogens is 204 g/mol. The molecule has 0 aliphatic heterocycles.